The largest absolute Gasteiger partial charge is 0.468 e. The average molecular weight is 672 g/mol. The number of nitrogens with one attached hydrogen (secondary N) is 2. The normalized spacial score (nSPS) is 12.1. The number of hydrogen-bond donors (Lipinski definition) is 2. The summed E-state index contributed by atoms with van der Waals surface area (Å²) < 4.78 is 47.0. The van der Waals surface area contributed by atoms with Crippen LogP contribution < -0.4 is 10.6 Å². The molecule has 0 saturated heterocycles. The van der Waals surface area contributed by atoms with E-state index in [1.54, 1.807) is 40.9 Å². The average Bonchev–Trinajstić information content (AvgIpc) is 3.48. The number of pyridine rings is 1. The second kappa shape index (κ2) is 15.1. The molecule has 2 aromatic heterocycles. The van der Waals surface area contributed by atoms with Crippen LogP contribution in [-0.4, -0.2) is 52.3 Å². The third kappa shape index (κ3) is 8.26. The summed E-state index contributed by atoms with van der Waals surface area (Å²) in [4.78, 5) is 46.5. The standard InChI is InChI=1S/C37H36F3N5O4/c1-24(2)23-45(33(26-15-17-29(18-16-26)37(38,39)40)35(47)42-21-25-10-5-4-6-11-25)36(48)28-13-9-12-27(20-28)32-34(41-22-31(46)49-3)44-19-8-7-14-30(44)43-32/h4-20,24,33,41H,21-23H2,1-3H3,(H,42,47). The molecule has 12 heteroatoms. The molecule has 49 heavy (non-hydrogen) atoms. The first-order valence-electron chi connectivity index (χ1n) is 15.6. The van der Waals surface area contributed by atoms with Crippen LogP contribution in [0.3, 0.4) is 0 Å². The molecule has 2 N–H and O–H groups in total. The molecule has 0 aliphatic carbocycles. The fourth-order valence-electron chi connectivity index (χ4n) is 5.47. The highest BCUT2D eigenvalue weighted by Crippen LogP contribution is 2.33. The van der Waals surface area contributed by atoms with E-state index >= 15 is 0 Å². The van der Waals surface area contributed by atoms with Crippen molar-refractivity contribution in [3.63, 3.8) is 0 Å². The summed E-state index contributed by atoms with van der Waals surface area (Å²) in [7, 11) is 1.29. The Morgan fingerprint density at radius 1 is 0.918 bits per heavy atom. The lowest BCUT2D eigenvalue weighted by atomic mass is 9.99. The first-order valence-corrected chi connectivity index (χ1v) is 15.6. The van der Waals surface area contributed by atoms with E-state index in [1.807, 2.05) is 56.3 Å². The van der Waals surface area contributed by atoms with Crippen LogP contribution in [-0.2, 0) is 27.0 Å². The van der Waals surface area contributed by atoms with Crippen molar-refractivity contribution in [2.45, 2.75) is 32.6 Å². The van der Waals surface area contributed by atoms with Gasteiger partial charge in [0.1, 0.15) is 29.7 Å². The topological polar surface area (TPSA) is 105 Å². The second-order valence-electron chi connectivity index (χ2n) is 11.8. The Morgan fingerprint density at radius 2 is 1.63 bits per heavy atom. The number of rotatable bonds is 12. The number of benzene rings is 3. The number of amides is 2. The third-order valence-electron chi connectivity index (χ3n) is 7.79. The van der Waals surface area contributed by atoms with Gasteiger partial charge in [-0.2, -0.15) is 13.2 Å². The molecule has 1 atom stereocenters. The van der Waals surface area contributed by atoms with Crippen molar-refractivity contribution in [1.82, 2.24) is 19.6 Å². The predicted octanol–water partition coefficient (Wildman–Crippen LogP) is 6.76. The van der Waals surface area contributed by atoms with Gasteiger partial charge in [0.15, 0.2) is 0 Å². The number of hydrogen-bond acceptors (Lipinski definition) is 6. The van der Waals surface area contributed by atoms with E-state index in [4.69, 9.17) is 9.72 Å². The fraction of sp³-hybridized carbons (Fsp3) is 0.243. The van der Waals surface area contributed by atoms with Gasteiger partial charge < -0.3 is 20.3 Å². The molecule has 0 saturated carbocycles. The third-order valence-corrected chi connectivity index (χ3v) is 7.79. The molecule has 0 bridgehead atoms. The zero-order valence-electron chi connectivity index (χ0n) is 27.2. The van der Waals surface area contributed by atoms with Gasteiger partial charge in [0.25, 0.3) is 5.91 Å². The van der Waals surface area contributed by atoms with Crippen molar-refractivity contribution in [3.8, 4) is 11.3 Å². The minimum Gasteiger partial charge on any atom is -0.468 e. The van der Waals surface area contributed by atoms with Crippen LogP contribution in [0, 0.1) is 5.92 Å². The van der Waals surface area contributed by atoms with Crippen molar-refractivity contribution in [2.24, 2.45) is 5.92 Å². The van der Waals surface area contributed by atoms with Crippen molar-refractivity contribution in [2.75, 3.05) is 25.5 Å². The predicted molar refractivity (Wildman–Crippen MR) is 179 cm³/mol. The molecule has 0 aliphatic heterocycles. The van der Waals surface area contributed by atoms with E-state index in [9.17, 15) is 27.6 Å². The van der Waals surface area contributed by atoms with Gasteiger partial charge in [-0.15, -0.1) is 0 Å². The van der Waals surface area contributed by atoms with Gasteiger partial charge in [0.2, 0.25) is 5.91 Å². The number of ether oxygens (including phenoxy) is 1. The Bertz CT molecular complexity index is 1920. The van der Waals surface area contributed by atoms with Crippen molar-refractivity contribution in [1.29, 1.82) is 0 Å². The number of imidazole rings is 1. The highest BCUT2D eigenvalue weighted by Gasteiger charge is 2.35. The molecule has 9 nitrogen and oxygen atoms in total. The Labute approximate surface area is 281 Å². The molecule has 5 rings (SSSR count). The highest BCUT2D eigenvalue weighted by atomic mass is 19.4. The summed E-state index contributed by atoms with van der Waals surface area (Å²) in [5.74, 6) is -1.11. The molecule has 0 radical (unpaired) electrons. The van der Waals surface area contributed by atoms with E-state index in [1.165, 1.54) is 24.1 Å². The van der Waals surface area contributed by atoms with E-state index in [-0.39, 0.29) is 36.7 Å². The number of nitrogens with zero attached hydrogens (tertiary/aromatic N) is 3. The SMILES string of the molecule is COC(=O)CNc1c(-c2cccc(C(=O)N(CC(C)C)C(C(=O)NCc3ccccc3)c3ccc(C(F)(F)F)cc3)c2)nc2ccccn12. The van der Waals surface area contributed by atoms with Crippen molar-refractivity contribution < 1.29 is 32.3 Å². The maximum absolute atomic E-state index is 14.5. The summed E-state index contributed by atoms with van der Waals surface area (Å²) in [5, 5.41) is 5.95. The number of esters is 1. The van der Waals surface area contributed by atoms with Crippen LogP contribution >= 0.6 is 0 Å². The van der Waals surface area contributed by atoms with Crippen LogP contribution in [0.5, 0.6) is 0 Å². The molecule has 1 unspecified atom stereocenters. The molecule has 0 aliphatic rings. The Morgan fingerprint density at radius 3 is 2.31 bits per heavy atom. The van der Waals surface area contributed by atoms with Gasteiger partial charge in [0, 0.05) is 30.4 Å². The van der Waals surface area contributed by atoms with Crippen LogP contribution in [0.1, 0.15) is 46.9 Å². The van der Waals surface area contributed by atoms with E-state index in [0.29, 0.717) is 22.7 Å². The van der Waals surface area contributed by atoms with Crippen LogP contribution in [0.2, 0.25) is 0 Å². The number of halogens is 3. The monoisotopic (exact) mass is 671 g/mol. The Balaban J connectivity index is 1.55. The van der Waals surface area contributed by atoms with Crippen molar-refractivity contribution in [3.05, 3.63) is 126 Å². The number of fused-ring (bicyclic) bond motifs is 1. The Kier molecular flexibility index (Phi) is 10.7. The highest BCUT2D eigenvalue weighted by molar-refractivity contribution is 5.99. The lowest BCUT2D eigenvalue weighted by molar-refractivity contribution is -0.139. The lowest BCUT2D eigenvalue weighted by Gasteiger charge is -2.33. The fourth-order valence-corrected chi connectivity index (χ4v) is 5.47. The van der Waals surface area contributed by atoms with Crippen molar-refractivity contribution >= 4 is 29.2 Å². The molecule has 0 fully saturated rings. The summed E-state index contributed by atoms with van der Waals surface area (Å²) in [6, 6.07) is 24.4. The van der Waals surface area contributed by atoms with Crippen LogP contribution in [0.15, 0.2) is 103 Å². The quantitative estimate of drug-likeness (QED) is 0.142. The second-order valence-corrected chi connectivity index (χ2v) is 11.8. The number of aromatic nitrogens is 2. The van der Waals surface area contributed by atoms with Gasteiger partial charge in [-0.3, -0.25) is 18.8 Å². The maximum Gasteiger partial charge on any atom is 0.416 e. The van der Waals surface area contributed by atoms with Crippen LogP contribution in [0.4, 0.5) is 19.0 Å². The summed E-state index contributed by atoms with van der Waals surface area (Å²) >= 11 is 0. The number of anilines is 1. The molecule has 0 spiro atoms. The first-order chi connectivity index (χ1) is 23.5. The molecular formula is C37H36F3N5O4. The first kappa shape index (κ1) is 34.7. The van der Waals surface area contributed by atoms with Gasteiger partial charge in [-0.25, -0.2) is 4.98 Å². The summed E-state index contributed by atoms with van der Waals surface area (Å²) in [5.41, 5.74) is 2.06. The number of alkyl halides is 3. The van der Waals surface area contributed by atoms with Gasteiger partial charge in [-0.05, 0) is 53.4 Å². The molecule has 2 amide bonds. The lowest BCUT2D eigenvalue weighted by Crippen LogP contribution is -2.45. The minimum atomic E-state index is -4.57. The van der Waals surface area contributed by atoms with Gasteiger partial charge >= 0.3 is 12.1 Å². The number of carbonyl (C=O) groups is 3. The van der Waals surface area contributed by atoms with Gasteiger partial charge in [-0.1, -0.05) is 74.5 Å². The molecular weight excluding hydrogens is 635 g/mol. The minimum absolute atomic E-state index is 0.0985. The molecule has 254 valence electrons. The van der Waals surface area contributed by atoms with E-state index in [2.05, 4.69) is 10.6 Å². The van der Waals surface area contributed by atoms with Gasteiger partial charge in [0.05, 0.1) is 12.7 Å². The number of carbonyl (C=O) groups excluding carboxylic acids is 3. The Hall–Kier alpha value is -5.65. The smallest absolute Gasteiger partial charge is 0.416 e. The van der Waals surface area contributed by atoms with Crippen LogP contribution in [0.25, 0.3) is 16.9 Å². The zero-order valence-corrected chi connectivity index (χ0v) is 27.2. The molecule has 2 heterocycles. The number of methoxy groups -OCH3 is 1. The van der Waals surface area contributed by atoms with E-state index < -0.39 is 35.6 Å². The molecule has 3 aromatic carbocycles. The molecule has 5 aromatic rings. The van der Waals surface area contributed by atoms with E-state index in [0.717, 1.165) is 17.7 Å². The summed E-state index contributed by atoms with van der Waals surface area (Å²) in [6.45, 7) is 3.94. The zero-order chi connectivity index (χ0) is 35.1. The summed E-state index contributed by atoms with van der Waals surface area (Å²) in [6.07, 6.45) is -2.78. The maximum atomic E-state index is 14.5.